The van der Waals surface area contributed by atoms with Gasteiger partial charge in [0.25, 0.3) is 0 Å². The highest BCUT2D eigenvalue weighted by molar-refractivity contribution is 5.85. The van der Waals surface area contributed by atoms with E-state index in [4.69, 9.17) is 19.8 Å². The average molecular weight is 201 g/mol. The first-order valence-electron chi connectivity index (χ1n) is 2.35. The van der Waals surface area contributed by atoms with Crippen molar-refractivity contribution in [3.05, 3.63) is 0 Å². The van der Waals surface area contributed by atoms with Crippen LogP contribution >= 0.6 is 0 Å². The number of aliphatic hydroxyl groups is 1. The topological polar surface area (TPSA) is 123 Å². The van der Waals surface area contributed by atoms with E-state index >= 15 is 0 Å². The fraction of sp³-hybridized carbons (Fsp3) is 0.143. The van der Waals surface area contributed by atoms with Gasteiger partial charge in [0, 0.05) is 8.56 Å². The Morgan fingerprint density at radius 3 is 1.77 bits per heavy atom. The second-order valence-electron chi connectivity index (χ2n) is 0.914. The van der Waals surface area contributed by atoms with Gasteiger partial charge in [0.1, 0.15) is 6.11 Å². The van der Waals surface area contributed by atoms with Crippen LogP contribution in [0.2, 0.25) is 0 Å². The third kappa shape index (κ3) is 1090. The summed E-state index contributed by atoms with van der Waals surface area (Å²) < 4.78 is 0. The monoisotopic (exact) mass is 201 g/mol. The van der Waals surface area contributed by atoms with E-state index in [2.05, 4.69) is 12.3 Å². The highest BCUT2D eigenvalue weighted by Gasteiger charge is 1.78. The van der Waals surface area contributed by atoms with E-state index in [1.165, 1.54) is 12.0 Å². The molecule has 0 aliphatic rings. The van der Waals surface area contributed by atoms with Crippen molar-refractivity contribution >= 4 is 12.1 Å². The van der Waals surface area contributed by atoms with Gasteiger partial charge in [0.2, 0.25) is 0 Å². The number of hydrogen-bond acceptors (Lipinski definition) is 4. The number of carboxylic acid groups (broad SMARTS) is 1. The maximum Gasteiger partial charge on any atom is 0.385 e. The Bertz CT molecular complexity index is 249. The van der Waals surface area contributed by atoms with Crippen molar-refractivity contribution in [2.45, 2.75) is 6.92 Å². The second-order valence-corrected chi connectivity index (χ2v) is 0.914. The van der Waals surface area contributed by atoms with E-state index < -0.39 is 5.97 Å². The van der Waals surface area contributed by atoms with Gasteiger partial charge in [-0.3, -0.25) is 0 Å². The standard InChI is InChI=1S/C3H2O3.C3H4.CO2.H2O.6H2/c4-2-1-3(5)6;1-3-2;2-1-3;;;;;;;/h4H,(H,5,6);1H,2H3;;1H2;6*1H/i;;;;1+1;;;;;. The fourth-order valence-electron chi connectivity index (χ4n) is 0.0478. The van der Waals surface area contributed by atoms with Crippen LogP contribution in [0.25, 0.3) is 0 Å². The van der Waals surface area contributed by atoms with Crippen LogP contribution < -0.4 is 0 Å². The average Bonchev–Trinajstić information content (AvgIpc) is 1.89. The lowest BCUT2D eigenvalue weighted by atomic mass is 10.7. The Kier molecular flexibility index (Phi) is 57.2. The maximum atomic E-state index is 9.27. The van der Waals surface area contributed by atoms with Crippen molar-refractivity contribution in [2.24, 2.45) is 0 Å². The van der Waals surface area contributed by atoms with Crippen molar-refractivity contribution in [1.29, 1.82) is 0 Å². The van der Waals surface area contributed by atoms with Gasteiger partial charge in [-0.2, -0.15) is 9.59 Å². The molecule has 0 aliphatic carbocycles. The number of aliphatic carboxylic acids is 1. The van der Waals surface area contributed by atoms with E-state index in [-0.39, 0.29) is 20.2 Å². The molecule has 0 bridgehead atoms. The van der Waals surface area contributed by atoms with Gasteiger partial charge in [0.15, 0.2) is 0 Å². The molecule has 0 saturated carbocycles. The van der Waals surface area contributed by atoms with Crippen LogP contribution in [0.5, 0.6) is 0 Å². The van der Waals surface area contributed by atoms with Crippen molar-refractivity contribution in [3.63, 3.8) is 0 Å². The van der Waals surface area contributed by atoms with Crippen LogP contribution in [0.15, 0.2) is 0 Å². The van der Waals surface area contributed by atoms with Gasteiger partial charge in [-0.25, -0.2) is 4.79 Å². The van der Waals surface area contributed by atoms with Crippen LogP contribution in [0.4, 0.5) is 0 Å². The van der Waals surface area contributed by atoms with Gasteiger partial charge in [-0.1, -0.05) is 0 Å². The predicted molar refractivity (Wildman–Crippen MR) is 53.2 cm³/mol. The minimum Gasteiger partial charge on any atom is -0.472 e. The first-order valence-corrected chi connectivity index (χ1v) is 2.35. The first kappa shape index (κ1) is 22.4. The van der Waals surface area contributed by atoms with Crippen molar-refractivity contribution in [2.75, 3.05) is 0 Å². The Hall–Kier alpha value is -2.27. The molecule has 0 fully saturated rings. The van der Waals surface area contributed by atoms with Gasteiger partial charge < -0.3 is 15.7 Å². The summed E-state index contributed by atoms with van der Waals surface area (Å²) in [7, 11) is 0. The quantitative estimate of drug-likeness (QED) is 0.538. The maximum absolute atomic E-state index is 9.27. The predicted octanol–water partition coefficient (Wildman–Crippen LogP) is 0.112. The molecule has 0 aromatic heterocycles. The third-order valence-electron chi connectivity index (χ3n) is 0.163. The number of carboxylic acids is 1. The Balaban J connectivity index is -0.00000000714. The lowest BCUT2D eigenvalue weighted by Gasteiger charge is -1.62. The molecule has 0 heterocycles. The summed E-state index contributed by atoms with van der Waals surface area (Å²) in [6, 6.07) is 0. The van der Waals surface area contributed by atoms with Gasteiger partial charge in [-0.05, 0) is 6.92 Å². The molecule has 0 spiro atoms. The third-order valence-corrected chi connectivity index (χ3v) is 0.163. The molecule has 0 aromatic carbocycles. The zero-order valence-corrected chi connectivity index (χ0v) is 6.70. The summed E-state index contributed by atoms with van der Waals surface area (Å²) in [6.07, 6.45) is 6.06. The highest BCUT2D eigenvalue weighted by atomic mass is 16.4. The van der Waals surface area contributed by atoms with Gasteiger partial charge in [-0.15, -0.1) is 12.3 Å². The Labute approximate surface area is 83.4 Å². The van der Waals surface area contributed by atoms with Crippen LogP contribution in [-0.4, -0.2) is 27.8 Å². The second kappa shape index (κ2) is 33.1. The van der Waals surface area contributed by atoms with Crippen LogP contribution in [0.1, 0.15) is 15.5 Å². The van der Waals surface area contributed by atoms with E-state index in [1.54, 1.807) is 6.92 Å². The molecule has 13 heavy (non-hydrogen) atoms. The molecule has 0 radical (unpaired) electrons. The van der Waals surface area contributed by atoms with Crippen LogP contribution in [-0.2, 0) is 14.4 Å². The van der Waals surface area contributed by atoms with E-state index in [9.17, 15) is 4.79 Å². The van der Waals surface area contributed by atoms with E-state index in [0.29, 0.717) is 0 Å². The largest absolute Gasteiger partial charge is 0.472 e. The van der Waals surface area contributed by atoms with Crippen molar-refractivity contribution in [3.8, 4) is 24.4 Å². The Morgan fingerprint density at radius 1 is 1.54 bits per heavy atom. The fourth-order valence-corrected chi connectivity index (χ4v) is 0.0478. The zero-order valence-electron chi connectivity index (χ0n) is 6.70. The first-order chi connectivity index (χ1) is 5.60. The number of hydrogen-bond donors (Lipinski definition) is 2. The number of aliphatic hydroxyl groups excluding tert-OH is 1. The summed E-state index contributed by atoms with van der Waals surface area (Å²) in [5.41, 5.74) is 0. The summed E-state index contributed by atoms with van der Waals surface area (Å²) >= 11 is 0. The molecular formula is C7H20O6. The summed E-state index contributed by atoms with van der Waals surface area (Å²) in [5, 5.41) is 15.1. The molecule has 6 nitrogen and oxygen atoms in total. The highest BCUT2D eigenvalue weighted by Crippen LogP contribution is 1.49. The minimum atomic E-state index is -1.32. The summed E-state index contributed by atoms with van der Waals surface area (Å²) in [6.45, 7) is 1.65. The molecule has 6 heteroatoms. The van der Waals surface area contributed by atoms with Crippen molar-refractivity contribution in [1.82, 2.24) is 0 Å². The van der Waals surface area contributed by atoms with Crippen LogP contribution in [0.3, 0.4) is 0 Å². The summed E-state index contributed by atoms with van der Waals surface area (Å²) in [5.74, 6) is 2.36. The van der Waals surface area contributed by atoms with Gasteiger partial charge in [0.05, 0.1) is 5.92 Å². The molecule has 0 rings (SSSR count). The molecular weight excluding hydrogens is 180 g/mol. The molecule has 0 aliphatic heterocycles. The molecule has 0 aromatic rings. The lowest BCUT2D eigenvalue weighted by Crippen LogP contribution is -1.85. The normalized spacial score (nSPS) is 3.69. The molecule has 0 saturated heterocycles. The molecule has 4 N–H and O–H groups in total. The number of terminal acetylenes is 1. The van der Waals surface area contributed by atoms with Gasteiger partial charge >= 0.3 is 12.1 Å². The molecule has 84 valence electrons. The molecule has 0 unspecified atom stereocenters. The molecule has 0 atom stereocenters. The number of carbonyl (C=O) groups is 1. The van der Waals surface area contributed by atoms with E-state index in [0.717, 1.165) is 0 Å². The smallest absolute Gasteiger partial charge is 0.385 e. The number of carbonyl (C=O) groups excluding carboxylic acids is 2. The SMILES string of the molecule is C#CC.O.O=C(O)C#CO.O=C=O.[2HH].[HH].[HH].[HH].[HH].[HH]. The molecule has 0 amide bonds. The minimum absolute atomic E-state index is 0. The Morgan fingerprint density at radius 2 is 1.77 bits per heavy atom. The van der Waals surface area contributed by atoms with Crippen molar-refractivity contribution < 1.29 is 38.6 Å². The lowest BCUT2D eigenvalue weighted by molar-refractivity contribution is -0.191. The van der Waals surface area contributed by atoms with E-state index in [1.807, 2.05) is 0 Å². The zero-order chi connectivity index (χ0) is 10.4. The summed E-state index contributed by atoms with van der Waals surface area (Å²) in [4.78, 5) is 25.5. The van der Waals surface area contributed by atoms with Crippen LogP contribution in [0, 0.1) is 24.4 Å². The number of rotatable bonds is 0.